The quantitative estimate of drug-likeness (QED) is 0.752. The fourth-order valence-corrected chi connectivity index (χ4v) is 2.22. The van der Waals surface area contributed by atoms with E-state index in [1.54, 1.807) is 24.3 Å². The van der Waals surface area contributed by atoms with Gasteiger partial charge in [-0.25, -0.2) is 4.98 Å². The Labute approximate surface area is 139 Å². The minimum absolute atomic E-state index is 0.342. The van der Waals surface area contributed by atoms with Crippen LogP contribution in [0.25, 0.3) is 0 Å². The normalized spacial score (nSPS) is 10.2. The Kier molecular flexibility index (Phi) is 5.06. The summed E-state index contributed by atoms with van der Waals surface area (Å²) in [6, 6.07) is 6.52. The number of hydrogen-bond acceptors (Lipinski definition) is 3. The molecule has 1 heterocycles. The first kappa shape index (κ1) is 15.3. The van der Waals surface area contributed by atoms with Gasteiger partial charge in [-0.1, -0.05) is 23.2 Å². The van der Waals surface area contributed by atoms with E-state index in [0.717, 1.165) is 3.57 Å². The second kappa shape index (κ2) is 6.60. The summed E-state index contributed by atoms with van der Waals surface area (Å²) in [7, 11) is 1.50. The minimum atomic E-state index is -0.352. The molecule has 0 aliphatic carbocycles. The number of hydrogen-bond donors (Lipinski definition) is 1. The molecule has 0 aliphatic rings. The maximum Gasteiger partial charge on any atom is 0.260 e. The molecule has 0 aliphatic heterocycles. The number of benzene rings is 1. The van der Waals surface area contributed by atoms with Crippen molar-refractivity contribution < 1.29 is 9.53 Å². The largest absolute Gasteiger partial charge is 0.496 e. The zero-order chi connectivity index (χ0) is 14.7. The van der Waals surface area contributed by atoms with Gasteiger partial charge in [0.1, 0.15) is 11.6 Å². The van der Waals surface area contributed by atoms with E-state index in [-0.39, 0.29) is 5.91 Å². The molecule has 1 aromatic heterocycles. The van der Waals surface area contributed by atoms with Gasteiger partial charge in [-0.3, -0.25) is 4.79 Å². The SMILES string of the molecule is COc1cc(I)c(Cl)cc1C(=O)Nc1ccc(Cl)cn1. The third-order valence-corrected chi connectivity index (χ3v) is 4.20. The number of carbonyl (C=O) groups is 1. The monoisotopic (exact) mass is 422 g/mol. The summed E-state index contributed by atoms with van der Waals surface area (Å²) in [4.78, 5) is 16.2. The van der Waals surface area contributed by atoms with Gasteiger partial charge in [0, 0.05) is 9.77 Å². The zero-order valence-electron chi connectivity index (χ0n) is 10.3. The number of nitrogens with zero attached hydrogens (tertiary/aromatic N) is 1. The molecule has 0 bridgehead atoms. The van der Waals surface area contributed by atoms with Crippen LogP contribution in [0.4, 0.5) is 5.82 Å². The highest BCUT2D eigenvalue weighted by Crippen LogP contribution is 2.28. The number of pyridine rings is 1. The van der Waals surface area contributed by atoms with Gasteiger partial charge in [0.25, 0.3) is 5.91 Å². The number of methoxy groups -OCH3 is 1. The van der Waals surface area contributed by atoms with E-state index < -0.39 is 0 Å². The topological polar surface area (TPSA) is 51.2 Å². The lowest BCUT2D eigenvalue weighted by molar-refractivity contribution is 0.102. The van der Waals surface area contributed by atoms with Crippen LogP contribution in [0.2, 0.25) is 10.0 Å². The molecule has 20 heavy (non-hydrogen) atoms. The molecule has 0 spiro atoms. The predicted octanol–water partition coefficient (Wildman–Crippen LogP) is 4.25. The van der Waals surface area contributed by atoms with Crippen LogP contribution in [0.3, 0.4) is 0 Å². The molecule has 0 atom stereocenters. The highest BCUT2D eigenvalue weighted by atomic mass is 127. The third kappa shape index (κ3) is 3.53. The van der Waals surface area contributed by atoms with Gasteiger partial charge < -0.3 is 10.1 Å². The maximum atomic E-state index is 12.2. The molecule has 1 aromatic carbocycles. The Bertz CT molecular complexity index is 648. The second-order valence-electron chi connectivity index (χ2n) is 3.78. The summed E-state index contributed by atoms with van der Waals surface area (Å²) in [5.74, 6) is 0.497. The van der Waals surface area contributed by atoms with Gasteiger partial charge in [0.2, 0.25) is 0 Å². The van der Waals surface area contributed by atoms with Crippen LogP contribution >= 0.6 is 45.8 Å². The molecule has 1 N–H and O–H groups in total. The Morgan fingerprint density at radius 3 is 2.70 bits per heavy atom. The van der Waals surface area contributed by atoms with E-state index in [0.29, 0.717) is 27.2 Å². The predicted molar refractivity (Wildman–Crippen MR) is 87.9 cm³/mol. The van der Waals surface area contributed by atoms with Crippen molar-refractivity contribution in [3.05, 3.63) is 49.6 Å². The summed E-state index contributed by atoms with van der Waals surface area (Å²) in [6.45, 7) is 0. The molecule has 0 saturated carbocycles. The second-order valence-corrected chi connectivity index (χ2v) is 5.79. The van der Waals surface area contributed by atoms with Crippen molar-refractivity contribution in [2.75, 3.05) is 12.4 Å². The first-order chi connectivity index (χ1) is 9.51. The Morgan fingerprint density at radius 1 is 1.35 bits per heavy atom. The lowest BCUT2D eigenvalue weighted by atomic mass is 10.2. The van der Waals surface area contributed by atoms with Crippen molar-refractivity contribution in [1.29, 1.82) is 0 Å². The first-order valence-electron chi connectivity index (χ1n) is 5.47. The summed E-state index contributed by atoms with van der Waals surface area (Å²) in [6.07, 6.45) is 1.45. The van der Waals surface area contributed by atoms with E-state index >= 15 is 0 Å². The number of carbonyl (C=O) groups excluding carboxylic acids is 1. The summed E-state index contributed by atoms with van der Waals surface area (Å²) < 4.78 is 6.00. The molecule has 0 saturated heterocycles. The highest BCUT2D eigenvalue weighted by Gasteiger charge is 2.15. The molecule has 7 heteroatoms. The van der Waals surface area contributed by atoms with Crippen LogP contribution in [0.5, 0.6) is 5.75 Å². The van der Waals surface area contributed by atoms with Crippen LogP contribution in [0.15, 0.2) is 30.5 Å². The Balaban J connectivity index is 2.29. The first-order valence-corrected chi connectivity index (χ1v) is 7.30. The van der Waals surface area contributed by atoms with E-state index in [1.807, 2.05) is 0 Å². The lowest BCUT2D eigenvalue weighted by Gasteiger charge is -2.10. The van der Waals surface area contributed by atoms with Crippen molar-refractivity contribution in [3.8, 4) is 5.75 Å². The molecule has 104 valence electrons. The number of amides is 1. The van der Waals surface area contributed by atoms with Crippen molar-refractivity contribution >= 4 is 57.5 Å². The van der Waals surface area contributed by atoms with E-state index in [9.17, 15) is 4.79 Å². The number of anilines is 1. The molecule has 2 rings (SSSR count). The number of ether oxygens (including phenoxy) is 1. The van der Waals surface area contributed by atoms with Crippen LogP contribution in [-0.2, 0) is 0 Å². The van der Waals surface area contributed by atoms with Gasteiger partial charge in [0.05, 0.1) is 22.7 Å². The molecule has 2 aromatic rings. The van der Waals surface area contributed by atoms with Gasteiger partial charge in [-0.2, -0.15) is 0 Å². The smallest absolute Gasteiger partial charge is 0.260 e. The summed E-state index contributed by atoms with van der Waals surface area (Å²) in [5.41, 5.74) is 0.342. The molecule has 4 nitrogen and oxygen atoms in total. The highest BCUT2D eigenvalue weighted by molar-refractivity contribution is 14.1. The van der Waals surface area contributed by atoms with Crippen molar-refractivity contribution in [3.63, 3.8) is 0 Å². The van der Waals surface area contributed by atoms with E-state index in [4.69, 9.17) is 27.9 Å². The third-order valence-electron chi connectivity index (χ3n) is 2.46. The Morgan fingerprint density at radius 2 is 2.10 bits per heavy atom. The number of aromatic nitrogens is 1. The van der Waals surface area contributed by atoms with Gasteiger partial charge in [-0.15, -0.1) is 0 Å². The van der Waals surface area contributed by atoms with Gasteiger partial charge >= 0.3 is 0 Å². The van der Waals surface area contributed by atoms with Crippen molar-refractivity contribution in [1.82, 2.24) is 4.98 Å². The van der Waals surface area contributed by atoms with Gasteiger partial charge in [0.15, 0.2) is 0 Å². The number of halogens is 3. The Hall–Kier alpha value is -1.05. The van der Waals surface area contributed by atoms with Crippen LogP contribution in [-0.4, -0.2) is 18.0 Å². The zero-order valence-corrected chi connectivity index (χ0v) is 14.0. The molecular weight excluding hydrogens is 414 g/mol. The van der Waals surface area contributed by atoms with Crippen molar-refractivity contribution in [2.45, 2.75) is 0 Å². The summed E-state index contributed by atoms with van der Waals surface area (Å²) >= 11 is 13.8. The summed E-state index contributed by atoms with van der Waals surface area (Å²) in [5, 5.41) is 3.64. The van der Waals surface area contributed by atoms with Crippen LogP contribution < -0.4 is 10.1 Å². The maximum absolute atomic E-state index is 12.2. The lowest BCUT2D eigenvalue weighted by Crippen LogP contribution is -2.14. The molecular formula is C13H9Cl2IN2O2. The molecule has 0 fully saturated rings. The number of rotatable bonds is 3. The van der Waals surface area contributed by atoms with Gasteiger partial charge in [-0.05, 0) is 46.9 Å². The van der Waals surface area contributed by atoms with E-state index in [2.05, 4.69) is 32.9 Å². The molecule has 0 radical (unpaired) electrons. The minimum Gasteiger partial charge on any atom is -0.496 e. The van der Waals surface area contributed by atoms with Crippen LogP contribution in [0.1, 0.15) is 10.4 Å². The van der Waals surface area contributed by atoms with Crippen molar-refractivity contribution in [2.24, 2.45) is 0 Å². The standard InChI is InChI=1S/C13H9Cl2IN2O2/c1-20-11-5-10(16)9(15)4-8(11)13(19)18-12-3-2-7(14)6-17-12/h2-6H,1H3,(H,17,18,19). The van der Waals surface area contributed by atoms with Crippen LogP contribution in [0, 0.1) is 3.57 Å². The fraction of sp³-hybridized carbons (Fsp3) is 0.0769. The fourth-order valence-electron chi connectivity index (χ4n) is 1.51. The van der Waals surface area contributed by atoms with E-state index in [1.165, 1.54) is 13.3 Å². The molecule has 0 unspecified atom stereocenters. The number of nitrogens with one attached hydrogen (secondary N) is 1. The average molecular weight is 423 g/mol. The average Bonchev–Trinajstić information content (AvgIpc) is 2.43. The molecule has 1 amide bonds.